The summed E-state index contributed by atoms with van der Waals surface area (Å²) >= 11 is 0. The molecule has 0 aromatic carbocycles. The Kier molecular flexibility index (Phi) is 4.60. The SMILES string of the molecule is CC1=C(CCC(C)C)OC[C@]23CC[C@H]4[C@@H](CC=C5CC=CC[C@@]54C)[C@@H]2CC[C@H]13. The van der Waals surface area contributed by atoms with Gasteiger partial charge < -0.3 is 4.74 Å². The number of rotatable bonds is 3. The molecule has 1 heterocycles. The molecule has 28 heavy (non-hydrogen) atoms. The highest BCUT2D eigenvalue weighted by atomic mass is 16.5. The first-order valence-corrected chi connectivity index (χ1v) is 12.1. The minimum atomic E-state index is 0.445. The summed E-state index contributed by atoms with van der Waals surface area (Å²) in [5, 5.41) is 0. The number of allylic oxidation sites excluding steroid dienone is 6. The Balaban J connectivity index is 1.42. The molecule has 0 bridgehead atoms. The van der Waals surface area contributed by atoms with Crippen LogP contribution in [-0.4, -0.2) is 6.61 Å². The van der Waals surface area contributed by atoms with E-state index in [9.17, 15) is 0 Å². The summed E-state index contributed by atoms with van der Waals surface area (Å²) in [6.07, 6.45) is 19.5. The van der Waals surface area contributed by atoms with Crippen molar-refractivity contribution in [1.29, 1.82) is 0 Å². The summed E-state index contributed by atoms with van der Waals surface area (Å²) in [5.41, 5.74) is 4.29. The van der Waals surface area contributed by atoms with Crippen LogP contribution in [-0.2, 0) is 4.74 Å². The maximum Gasteiger partial charge on any atom is 0.0952 e. The predicted octanol–water partition coefficient (Wildman–Crippen LogP) is 7.45. The fraction of sp³-hybridized carbons (Fsp3) is 0.778. The molecule has 0 radical (unpaired) electrons. The highest BCUT2D eigenvalue weighted by Crippen LogP contribution is 2.68. The molecular weight excluding hydrogens is 340 g/mol. The molecule has 5 rings (SSSR count). The van der Waals surface area contributed by atoms with Crippen LogP contribution in [0.15, 0.2) is 35.1 Å². The highest BCUT2D eigenvalue weighted by Gasteiger charge is 2.61. The Bertz CT molecular complexity index is 725. The van der Waals surface area contributed by atoms with Crippen molar-refractivity contribution in [3.05, 3.63) is 35.1 Å². The molecule has 154 valence electrons. The Labute approximate surface area is 172 Å². The zero-order valence-corrected chi connectivity index (χ0v) is 18.6. The van der Waals surface area contributed by atoms with Gasteiger partial charge in [0.15, 0.2) is 0 Å². The molecule has 0 aromatic heterocycles. The lowest BCUT2D eigenvalue weighted by Gasteiger charge is -2.58. The first kappa shape index (κ1) is 19.0. The minimum absolute atomic E-state index is 0.445. The van der Waals surface area contributed by atoms with Crippen molar-refractivity contribution in [3.8, 4) is 0 Å². The summed E-state index contributed by atoms with van der Waals surface area (Å²) in [7, 11) is 0. The maximum absolute atomic E-state index is 6.58. The topological polar surface area (TPSA) is 9.23 Å². The lowest BCUT2D eigenvalue weighted by Crippen LogP contribution is -2.52. The molecule has 0 amide bonds. The molecule has 2 saturated carbocycles. The Morgan fingerprint density at radius 1 is 1.14 bits per heavy atom. The van der Waals surface area contributed by atoms with E-state index in [0.717, 1.165) is 42.6 Å². The van der Waals surface area contributed by atoms with Gasteiger partial charge >= 0.3 is 0 Å². The molecular formula is C27H40O. The third kappa shape index (κ3) is 2.63. The summed E-state index contributed by atoms with van der Waals surface area (Å²) in [4.78, 5) is 0. The molecule has 1 spiro atoms. The van der Waals surface area contributed by atoms with Gasteiger partial charge in [0.2, 0.25) is 0 Å². The first-order valence-electron chi connectivity index (χ1n) is 12.1. The van der Waals surface area contributed by atoms with Crippen LogP contribution >= 0.6 is 0 Å². The zero-order valence-electron chi connectivity index (χ0n) is 18.6. The zero-order chi connectivity index (χ0) is 19.5. The summed E-state index contributed by atoms with van der Waals surface area (Å²) in [5.74, 6) is 5.62. The third-order valence-electron chi connectivity index (χ3n) is 9.81. The van der Waals surface area contributed by atoms with Crippen LogP contribution in [0.25, 0.3) is 0 Å². The van der Waals surface area contributed by atoms with E-state index in [-0.39, 0.29) is 0 Å². The van der Waals surface area contributed by atoms with E-state index in [4.69, 9.17) is 4.74 Å². The second-order valence-corrected chi connectivity index (χ2v) is 11.4. The van der Waals surface area contributed by atoms with Crippen LogP contribution in [0.3, 0.4) is 0 Å². The van der Waals surface area contributed by atoms with Gasteiger partial charge in [-0.3, -0.25) is 0 Å². The molecule has 1 aliphatic heterocycles. The third-order valence-corrected chi connectivity index (χ3v) is 9.81. The smallest absolute Gasteiger partial charge is 0.0952 e. The molecule has 1 nitrogen and oxygen atoms in total. The highest BCUT2D eigenvalue weighted by molar-refractivity contribution is 5.30. The van der Waals surface area contributed by atoms with E-state index in [2.05, 4.69) is 45.9 Å². The van der Waals surface area contributed by atoms with Gasteiger partial charge in [-0.1, -0.05) is 44.6 Å². The second kappa shape index (κ2) is 6.78. The molecule has 2 fully saturated rings. The molecule has 0 aromatic rings. The van der Waals surface area contributed by atoms with Gasteiger partial charge in [0.05, 0.1) is 12.4 Å². The normalized spacial score (nSPS) is 44.4. The van der Waals surface area contributed by atoms with Crippen molar-refractivity contribution in [3.63, 3.8) is 0 Å². The van der Waals surface area contributed by atoms with Crippen molar-refractivity contribution in [1.82, 2.24) is 0 Å². The fourth-order valence-corrected chi connectivity index (χ4v) is 8.25. The van der Waals surface area contributed by atoms with E-state index in [1.807, 2.05) is 0 Å². The van der Waals surface area contributed by atoms with Gasteiger partial charge in [-0.15, -0.1) is 0 Å². The number of hydrogen-bond donors (Lipinski definition) is 0. The van der Waals surface area contributed by atoms with Crippen molar-refractivity contribution < 1.29 is 4.74 Å². The maximum atomic E-state index is 6.58. The Morgan fingerprint density at radius 2 is 2.00 bits per heavy atom. The summed E-state index contributed by atoms with van der Waals surface area (Å²) in [6.45, 7) is 10.7. The van der Waals surface area contributed by atoms with Crippen LogP contribution in [0.5, 0.6) is 0 Å². The van der Waals surface area contributed by atoms with Crippen LogP contribution in [0.2, 0.25) is 0 Å². The van der Waals surface area contributed by atoms with Crippen molar-refractivity contribution in [2.24, 2.45) is 40.4 Å². The monoisotopic (exact) mass is 380 g/mol. The molecule has 6 atom stereocenters. The van der Waals surface area contributed by atoms with Gasteiger partial charge in [-0.2, -0.15) is 0 Å². The molecule has 0 N–H and O–H groups in total. The second-order valence-electron chi connectivity index (χ2n) is 11.4. The van der Waals surface area contributed by atoms with Gasteiger partial charge in [0, 0.05) is 11.8 Å². The average molecular weight is 381 g/mol. The molecule has 4 aliphatic carbocycles. The van der Waals surface area contributed by atoms with E-state index in [1.165, 1.54) is 57.1 Å². The Morgan fingerprint density at radius 3 is 2.82 bits per heavy atom. The minimum Gasteiger partial charge on any atom is -0.497 e. The molecule has 5 aliphatic rings. The molecule has 0 saturated heterocycles. The number of fused-ring (bicyclic) bond motifs is 4. The quantitative estimate of drug-likeness (QED) is 0.462. The van der Waals surface area contributed by atoms with E-state index >= 15 is 0 Å². The predicted molar refractivity (Wildman–Crippen MR) is 117 cm³/mol. The summed E-state index contributed by atoms with van der Waals surface area (Å²) in [6, 6.07) is 0. The van der Waals surface area contributed by atoms with Crippen LogP contribution < -0.4 is 0 Å². The van der Waals surface area contributed by atoms with Gasteiger partial charge in [0.1, 0.15) is 0 Å². The van der Waals surface area contributed by atoms with Crippen molar-refractivity contribution in [2.45, 2.75) is 85.5 Å². The van der Waals surface area contributed by atoms with Crippen LogP contribution in [0.4, 0.5) is 0 Å². The number of hydrogen-bond acceptors (Lipinski definition) is 1. The Hall–Kier alpha value is -0.980. The molecule has 0 unspecified atom stereocenters. The van der Waals surface area contributed by atoms with E-state index < -0.39 is 0 Å². The van der Waals surface area contributed by atoms with Crippen LogP contribution in [0.1, 0.15) is 85.5 Å². The van der Waals surface area contributed by atoms with Crippen molar-refractivity contribution >= 4 is 0 Å². The number of ether oxygens (including phenoxy) is 1. The van der Waals surface area contributed by atoms with Gasteiger partial charge in [0.25, 0.3) is 0 Å². The first-order chi connectivity index (χ1) is 13.5. The molecule has 1 heteroatoms. The fourth-order valence-electron chi connectivity index (χ4n) is 8.25. The van der Waals surface area contributed by atoms with Crippen molar-refractivity contribution in [2.75, 3.05) is 6.61 Å². The average Bonchev–Trinajstić information content (AvgIpc) is 3.07. The lowest BCUT2D eigenvalue weighted by molar-refractivity contribution is -0.0853. The van der Waals surface area contributed by atoms with Gasteiger partial charge in [-0.25, -0.2) is 0 Å². The van der Waals surface area contributed by atoms with Crippen LogP contribution in [0, 0.1) is 40.4 Å². The van der Waals surface area contributed by atoms with E-state index in [0.29, 0.717) is 10.8 Å². The lowest BCUT2D eigenvalue weighted by atomic mass is 9.47. The van der Waals surface area contributed by atoms with Gasteiger partial charge in [-0.05, 0) is 98.9 Å². The largest absolute Gasteiger partial charge is 0.497 e. The summed E-state index contributed by atoms with van der Waals surface area (Å²) < 4.78 is 6.58. The standard InChI is InChI=1S/C27H40O/c1-18(2)8-13-25-19(3)22-11-12-24-21-10-9-20-7-5-6-15-26(20,4)23(21)14-16-27(22,24)17-28-25/h5-6,9,18,21-24H,7-8,10-17H2,1-4H3/t21-,22-,23+,24+,26+,27+/m1/s1. The van der Waals surface area contributed by atoms with E-state index in [1.54, 1.807) is 11.1 Å².